The maximum atomic E-state index is 6.20. The van der Waals surface area contributed by atoms with Crippen LogP contribution in [-0.2, 0) is 0 Å². The van der Waals surface area contributed by atoms with Gasteiger partial charge in [-0.15, -0.1) is 0 Å². The molecule has 0 saturated carbocycles. The Morgan fingerprint density at radius 3 is 2.95 bits per heavy atom. The molecule has 19 heavy (non-hydrogen) atoms. The Bertz CT molecular complexity index is 592. The van der Waals surface area contributed by atoms with Crippen LogP contribution in [0.25, 0.3) is 11.0 Å². The van der Waals surface area contributed by atoms with Crippen LogP contribution in [-0.4, -0.2) is 39.6 Å². The molecule has 3 rings (SSSR count). The first kappa shape index (κ1) is 12.9. The first-order valence-corrected chi connectivity index (χ1v) is 7.21. The molecule has 1 atom stereocenters. The third-order valence-electron chi connectivity index (χ3n) is 4.07. The van der Waals surface area contributed by atoms with E-state index in [-0.39, 0.29) is 0 Å². The second kappa shape index (κ2) is 5.10. The second-order valence-electron chi connectivity index (χ2n) is 5.47. The van der Waals surface area contributed by atoms with E-state index in [9.17, 15) is 0 Å². The Morgan fingerprint density at radius 2 is 2.11 bits per heavy atom. The van der Waals surface area contributed by atoms with E-state index in [1.165, 1.54) is 31.4 Å². The van der Waals surface area contributed by atoms with Gasteiger partial charge < -0.3 is 9.47 Å². The summed E-state index contributed by atoms with van der Waals surface area (Å²) in [4.78, 5) is 10.9. The van der Waals surface area contributed by atoms with Gasteiger partial charge in [-0.1, -0.05) is 11.6 Å². The molecule has 4 nitrogen and oxygen atoms in total. The highest BCUT2D eigenvalue weighted by Gasteiger charge is 2.20. The molecule has 2 aromatic rings. The average Bonchev–Trinajstić information content (AvgIpc) is 2.58. The molecule has 1 unspecified atom stereocenters. The van der Waals surface area contributed by atoms with E-state index in [0.717, 1.165) is 17.6 Å². The quantitative estimate of drug-likeness (QED) is 0.752. The number of aromatic nitrogens is 3. The zero-order chi connectivity index (χ0) is 13.4. The van der Waals surface area contributed by atoms with Crippen molar-refractivity contribution >= 4 is 22.6 Å². The van der Waals surface area contributed by atoms with E-state index >= 15 is 0 Å². The zero-order valence-corrected chi connectivity index (χ0v) is 12.2. The second-order valence-corrected chi connectivity index (χ2v) is 5.83. The van der Waals surface area contributed by atoms with Crippen LogP contribution < -0.4 is 0 Å². The van der Waals surface area contributed by atoms with Gasteiger partial charge in [-0.2, -0.15) is 0 Å². The predicted octanol–water partition coefficient (Wildman–Crippen LogP) is 3.05. The molecule has 0 N–H and O–H groups in total. The van der Waals surface area contributed by atoms with E-state index in [0.29, 0.717) is 11.2 Å². The lowest BCUT2D eigenvalue weighted by atomic mass is 10.1. The van der Waals surface area contributed by atoms with Crippen molar-refractivity contribution in [3.05, 3.63) is 23.2 Å². The topological polar surface area (TPSA) is 34.0 Å². The van der Waals surface area contributed by atoms with Gasteiger partial charge in [0.2, 0.25) is 0 Å². The number of fused-ring (bicyclic) bond motifs is 1. The van der Waals surface area contributed by atoms with Gasteiger partial charge >= 0.3 is 0 Å². The fourth-order valence-corrected chi connectivity index (χ4v) is 3.28. The summed E-state index contributed by atoms with van der Waals surface area (Å²) in [6.45, 7) is 4.41. The van der Waals surface area contributed by atoms with Gasteiger partial charge in [-0.05, 0) is 51.9 Å². The minimum atomic E-state index is 0.520. The molecule has 3 heterocycles. The summed E-state index contributed by atoms with van der Waals surface area (Å²) in [7, 11) is 2.19. The van der Waals surface area contributed by atoms with Crippen LogP contribution >= 0.6 is 11.6 Å². The van der Waals surface area contributed by atoms with E-state index in [4.69, 9.17) is 11.6 Å². The van der Waals surface area contributed by atoms with Gasteiger partial charge in [0.05, 0.1) is 5.39 Å². The highest BCUT2D eigenvalue weighted by molar-refractivity contribution is 6.34. The van der Waals surface area contributed by atoms with Crippen LogP contribution in [0.4, 0.5) is 0 Å². The van der Waals surface area contributed by atoms with Crippen molar-refractivity contribution < 1.29 is 0 Å². The molecule has 1 saturated heterocycles. The zero-order valence-electron chi connectivity index (χ0n) is 11.4. The van der Waals surface area contributed by atoms with Crippen molar-refractivity contribution in [3.63, 3.8) is 0 Å². The number of halogens is 1. The fourth-order valence-electron chi connectivity index (χ4n) is 3.00. The van der Waals surface area contributed by atoms with Crippen LogP contribution in [0.15, 0.2) is 12.5 Å². The number of nitrogens with zero attached hydrogens (tertiary/aromatic N) is 4. The average molecular weight is 279 g/mol. The molecule has 0 aliphatic carbocycles. The predicted molar refractivity (Wildman–Crippen MR) is 77.7 cm³/mol. The molecular weight excluding hydrogens is 260 g/mol. The molecule has 1 aliphatic rings. The summed E-state index contributed by atoms with van der Waals surface area (Å²) < 4.78 is 2.30. The third-order valence-corrected chi connectivity index (χ3v) is 4.35. The number of hydrogen-bond acceptors (Lipinski definition) is 3. The van der Waals surface area contributed by atoms with E-state index in [1.807, 2.05) is 0 Å². The molecule has 0 radical (unpaired) electrons. The van der Waals surface area contributed by atoms with Crippen LogP contribution in [0.3, 0.4) is 0 Å². The Morgan fingerprint density at radius 1 is 1.26 bits per heavy atom. The van der Waals surface area contributed by atoms with E-state index < -0.39 is 0 Å². The first-order valence-electron chi connectivity index (χ1n) is 6.83. The number of aryl methyl sites for hydroxylation is 1. The van der Waals surface area contributed by atoms with Gasteiger partial charge in [0, 0.05) is 12.2 Å². The summed E-state index contributed by atoms with van der Waals surface area (Å²) in [5.74, 6) is 0. The molecule has 102 valence electrons. The summed E-state index contributed by atoms with van der Waals surface area (Å²) in [5.41, 5.74) is 2.14. The van der Waals surface area contributed by atoms with E-state index in [2.05, 4.69) is 39.6 Å². The molecule has 5 heteroatoms. The van der Waals surface area contributed by atoms with Crippen LogP contribution in [0.1, 0.15) is 30.9 Å². The summed E-state index contributed by atoms with van der Waals surface area (Å²) in [6.07, 6.45) is 7.35. The monoisotopic (exact) mass is 278 g/mol. The maximum Gasteiger partial charge on any atom is 0.145 e. The van der Waals surface area contributed by atoms with E-state index in [1.54, 1.807) is 6.33 Å². The maximum absolute atomic E-state index is 6.20. The van der Waals surface area contributed by atoms with Gasteiger partial charge in [0.25, 0.3) is 0 Å². The Balaban J connectivity index is 2.03. The van der Waals surface area contributed by atoms with Gasteiger partial charge in [-0.25, -0.2) is 9.97 Å². The Hall–Kier alpha value is -1.13. The van der Waals surface area contributed by atoms with Crippen molar-refractivity contribution in [1.82, 2.24) is 19.4 Å². The van der Waals surface area contributed by atoms with Crippen LogP contribution in [0.5, 0.6) is 0 Å². The minimum Gasteiger partial charge on any atom is -0.329 e. The molecule has 1 fully saturated rings. The van der Waals surface area contributed by atoms with Crippen molar-refractivity contribution in [2.75, 3.05) is 20.1 Å². The number of hydrogen-bond donors (Lipinski definition) is 0. The van der Waals surface area contributed by atoms with Crippen LogP contribution in [0, 0.1) is 6.92 Å². The molecule has 2 aromatic heterocycles. The Labute approximate surface area is 118 Å². The van der Waals surface area contributed by atoms with Gasteiger partial charge in [-0.3, -0.25) is 0 Å². The highest BCUT2D eigenvalue weighted by atomic mass is 35.5. The molecule has 0 spiro atoms. The summed E-state index contributed by atoms with van der Waals surface area (Å²) in [6, 6.07) is 0.520. The van der Waals surface area contributed by atoms with Gasteiger partial charge in [0.15, 0.2) is 0 Å². The van der Waals surface area contributed by atoms with Crippen molar-refractivity contribution in [3.8, 4) is 0 Å². The van der Waals surface area contributed by atoms with Gasteiger partial charge in [0.1, 0.15) is 17.1 Å². The minimum absolute atomic E-state index is 0.520. The number of likely N-dealkylation sites (tertiary alicyclic amines) is 1. The van der Waals surface area contributed by atoms with Crippen molar-refractivity contribution in [2.45, 2.75) is 32.2 Å². The number of rotatable bonds is 1. The van der Waals surface area contributed by atoms with Crippen molar-refractivity contribution in [1.29, 1.82) is 0 Å². The van der Waals surface area contributed by atoms with Crippen LogP contribution in [0.2, 0.25) is 5.15 Å². The summed E-state index contributed by atoms with van der Waals surface area (Å²) >= 11 is 6.20. The fraction of sp³-hybridized carbons (Fsp3) is 0.571. The standard InChI is InChI=1S/C14H19ClN4/c1-10-8-19(11-4-3-6-18(2)7-5-11)14-12(10)13(15)16-9-17-14/h8-9,11H,3-7H2,1-2H3. The molecule has 0 aromatic carbocycles. The smallest absolute Gasteiger partial charge is 0.145 e. The lowest BCUT2D eigenvalue weighted by Crippen LogP contribution is -2.19. The molecule has 0 amide bonds. The van der Waals surface area contributed by atoms with Crippen molar-refractivity contribution in [2.24, 2.45) is 0 Å². The SMILES string of the molecule is Cc1cn(C2CCCN(C)CC2)c2ncnc(Cl)c12. The molecular formula is C14H19ClN4. The molecule has 1 aliphatic heterocycles. The lowest BCUT2D eigenvalue weighted by molar-refractivity contribution is 0.342. The molecule has 0 bridgehead atoms. The highest BCUT2D eigenvalue weighted by Crippen LogP contribution is 2.31. The normalized spacial score (nSPS) is 21.7. The third kappa shape index (κ3) is 2.35. The lowest BCUT2D eigenvalue weighted by Gasteiger charge is -2.17. The largest absolute Gasteiger partial charge is 0.329 e. The Kier molecular flexibility index (Phi) is 3.46. The summed E-state index contributed by atoms with van der Waals surface area (Å²) in [5, 5.41) is 1.56. The first-order chi connectivity index (χ1) is 9.16.